The molecule has 0 saturated carbocycles. The molecular formula is C15H26IN5O. The van der Waals surface area contributed by atoms with Gasteiger partial charge >= 0.3 is 0 Å². The van der Waals surface area contributed by atoms with Gasteiger partial charge in [0.05, 0.1) is 19.4 Å². The van der Waals surface area contributed by atoms with Gasteiger partial charge in [-0.2, -0.15) is 5.10 Å². The minimum Gasteiger partial charge on any atom is -0.380 e. The van der Waals surface area contributed by atoms with Crippen LogP contribution in [0.3, 0.4) is 0 Å². The van der Waals surface area contributed by atoms with Crippen LogP contribution in [0.5, 0.6) is 0 Å². The lowest BCUT2D eigenvalue weighted by Crippen LogP contribution is -2.51. The van der Waals surface area contributed by atoms with E-state index >= 15 is 0 Å². The van der Waals surface area contributed by atoms with E-state index in [1.54, 1.807) is 0 Å². The van der Waals surface area contributed by atoms with Crippen molar-refractivity contribution in [2.75, 3.05) is 39.9 Å². The first-order chi connectivity index (χ1) is 10.1. The normalized spacial score (nSPS) is 23.9. The Kier molecular flexibility index (Phi) is 5.70. The van der Waals surface area contributed by atoms with Crippen molar-refractivity contribution in [3.8, 4) is 0 Å². The molecule has 7 heteroatoms. The molecule has 0 radical (unpaired) electrons. The van der Waals surface area contributed by atoms with Crippen LogP contribution in [-0.4, -0.2) is 60.5 Å². The fourth-order valence-electron chi connectivity index (χ4n) is 3.05. The first-order valence-electron chi connectivity index (χ1n) is 7.61. The molecule has 1 N–H and O–H groups in total. The molecule has 0 spiro atoms. The van der Waals surface area contributed by atoms with E-state index in [4.69, 9.17) is 4.74 Å². The average molecular weight is 419 g/mol. The summed E-state index contributed by atoms with van der Waals surface area (Å²) < 4.78 is 7.18. The Morgan fingerprint density at radius 2 is 2.32 bits per heavy atom. The van der Waals surface area contributed by atoms with Crippen molar-refractivity contribution in [1.29, 1.82) is 0 Å². The van der Waals surface area contributed by atoms with Crippen LogP contribution in [0.15, 0.2) is 17.4 Å². The zero-order chi connectivity index (χ0) is 14.9. The van der Waals surface area contributed by atoms with Crippen molar-refractivity contribution < 1.29 is 4.74 Å². The third-order valence-corrected chi connectivity index (χ3v) is 4.47. The molecule has 2 fully saturated rings. The molecule has 1 unspecified atom stereocenters. The number of nitrogens with one attached hydrogen (secondary N) is 1. The number of rotatable bonds is 3. The number of aromatic nitrogens is 2. The lowest BCUT2D eigenvalue weighted by molar-refractivity contribution is -0.0972. The SMILES string of the molecule is CN=C(NCC1(C)COC1)N1CCC(c2cnn(C)c2)C1.I. The summed E-state index contributed by atoms with van der Waals surface area (Å²) in [4.78, 5) is 6.78. The number of hydrogen-bond donors (Lipinski definition) is 1. The largest absolute Gasteiger partial charge is 0.380 e. The van der Waals surface area contributed by atoms with Crippen molar-refractivity contribution in [3.63, 3.8) is 0 Å². The standard InChI is InChI=1S/C15H25N5O.HI/c1-15(10-21-11-15)9-17-14(16-2)20-5-4-12(8-20)13-6-18-19(3)7-13;/h6-7,12H,4-5,8-11H2,1-3H3,(H,16,17);1H. The average Bonchev–Trinajstić information content (AvgIpc) is 3.06. The molecule has 1 aromatic heterocycles. The highest BCUT2D eigenvalue weighted by Gasteiger charge is 2.34. The number of halogens is 1. The van der Waals surface area contributed by atoms with E-state index in [1.807, 2.05) is 25.0 Å². The third kappa shape index (κ3) is 3.73. The number of ether oxygens (including phenoxy) is 1. The fourth-order valence-corrected chi connectivity index (χ4v) is 3.05. The summed E-state index contributed by atoms with van der Waals surface area (Å²) in [5.74, 6) is 1.56. The Morgan fingerprint density at radius 3 is 2.86 bits per heavy atom. The number of hydrogen-bond acceptors (Lipinski definition) is 3. The van der Waals surface area contributed by atoms with E-state index in [-0.39, 0.29) is 29.4 Å². The summed E-state index contributed by atoms with van der Waals surface area (Å²) in [5, 5.41) is 7.78. The monoisotopic (exact) mass is 419 g/mol. The number of guanidine groups is 1. The van der Waals surface area contributed by atoms with E-state index in [1.165, 1.54) is 5.56 Å². The van der Waals surface area contributed by atoms with Gasteiger partial charge in [0.1, 0.15) is 0 Å². The van der Waals surface area contributed by atoms with Crippen molar-refractivity contribution in [3.05, 3.63) is 18.0 Å². The van der Waals surface area contributed by atoms with Crippen molar-refractivity contribution in [1.82, 2.24) is 20.0 Å². The van der Waals surface area contributed by atoms with Crippen LogP contribution >= 0.6 is 24.0 Å². The maximum Gasteiger partial charge on any atom is 0.193 e. The van der Waals surface area contributed by atoms with Gasteiger partial charge in [-0.3, -0.25) is 9.67 Å². The van der Waals surface area contributed by atoms with Gasteiger partial charge in [0, 0.05) is 51.3 Å². The summed E-state index contributed by atoms with van der Waals surface area (Å²) in [6, 6.07) is 0. The van der Waals surface area contributed by atoms with Gasteiger partial charge in [-0.15, -0.1) is 24.0 Å². The maximum atomic E-state index is 5.30. The van der Waals surface area contributed by atoms with Crippen molar-refractivity contribution in [2.24, 2.45) is 17.5 Å². The molecule has 0 bridgehead atoms. The molecule has 2 saturated heterocycles. The highest BCUT2D eigenvalue weighted by atomic mass is 127. The second-order valence-electron chi connectivity index (χ2n) is 6.58. The summed E-state index contributed by atoms with van der Waals surface area (Å²) in [5.41, 5.74) is 1.59. The van der Waals surface area contributed by atoms with Crippen LogP contribution in [0.25, 0.3) is 0 Å². The highest BCUT2D eigenvalue weighted by molar-refractivity contribution is 14.0. The quantitative estimate of drug-likeness (QED) is 0.458. The molecule has 6 nitrogen and oxygen atoms in total. The Bertz CT molecular complexity index is 526. The molecule has 0 aromatic carbocycles. The fraction of sp³-hybridized carbons (Fsp3) is 0.733. The summed E-state index contributed by atoms with van der Waals surface area (Å²) >= 11 is 0. The summed E-state index contributed by atoms with van der Waals surface area (Å²) in [6.45, 7) is 6.92. The second-order valence-corrected chi connectivity index (χ2v) is 6.58. The van der Waals surface area contributed by atoms with Gasteiger partial charge in [0.15, 0.2) is 5.96 Å². The van der Waals surface area contributed by atoms with E-state index in [2.05, 4.69) is 33.4 Å². The second kappa shape index (κ2) is 7.16. The summed E-state index contributed by atoms with van der Waals surface area (Å²) in [6.07, 6.45) is 5.26. The van der Waals surface area contributed by atoms with E-state index < -0.39 is 0 Å². The molecule has 22 heavy (non-hydrogen) atoms. The van der Waals surface area contributed by atoms with Crippen LogP contribution in [0.1, 0.15) is 24.8 Å². The zero-order valence-electron chi connectivity index (χ0n) is 13.6. The van der Waals surface area contributed by atoms with Crippen LogP contribution < -0.4 is 5.32 Å². The van der Waals surface area contributed by atoms with Gasteiger partial charge in [0.25, 0.3) is 0 Å². The van der Waals surface area contributed by atoms with Gasteiger partial charge in [-0.25, -0.2) is 0 Å². The Balaban J connectivity index is 0.00000176. The number of likely N-dealkylation sites (tertiary alicyclic amines) is 1. The lowest BCUT2D eigenvalue weighted by atomic mass is 9.89. The molecule has 3 heterocycles. The van der Waals surface area contributed by atoms with E-state index in [0.29, 0.717) is 5.92 Å². The minimum absolute atomic E-state index is 0. The molecule has 1 aromatic rings. The Hall–Kier alpha value is -0.830. The van der Waals surface area contributed by atoms with E-state index in [0.717, 1.165) is 45.2 Å². The number of aliphatic imine (C=N–C) groups is 1. The van der Waals surface area contributed by atoms with Gasteiger partial charge in [0.2, 0.25) is 0 Å². The van der Waals surface area contributed by atoms with Gasteiger partial charge in [-0.1, -0.05) is 6.92 Å². The summed E-state index contributed by atoms with van der Waals surface area (Å²) in [7, 11) is 3.83. The molecule has 1 atom stereocenters. The highest BCUT2D eigenvalue weighted by Crippen LogP contribution is 2.28. The molecule has 2 aliphatic heterocycles. The van der Waals surface area contributed by atoms with Crippen LogP contribution in [0.4, 0.5) is 0 Å². The molecule has 0 amide bonds. The predicted molar refractivity (Wildman–Crippen MR) is 97.8 cm³/mol. The first kappa shape index (κ1) is 17.5. The number of nitrogens with zero attached hydrogens (tertiary/aromatic N) is 4. The molecule has 0 aliphatic carbocycles. The maximum absolute atomic E-state index is 5.30. The topological polar surface area (TPSA) is 54.7 Å². The molecular weight excluding hydrogens is 393 g/mol. The lowest BCUT2D eigenvalue weighted by Gasteiger charge is -2.39. The Morgan fingerprint density at radius 1 is 1.55 bits per heavy atom. The first-order valence-corrected chi connectivity index (χ1v) is 7.61. The van der Waals surface area contributed by atoms with Crippen LogP contribution in [0, 0.1) is 5.41 Å². The van der Waals surface area contributed by atoms with Crippen molar-refractivity contribution >= 4 is 29.9 Å². The molecule has 124 valence electrons. The predicted octanol–water partition coefficient (Wildman–Crippen LogP) is 1.44. The molecule has 2 aliphatic rings. The van der Waals surface area contributed by atoms with Crippen LogP contribution in [-0.2, 0) is 11.8 Å². The van der Waals surface area contributed by atoms with Crippen molar-refractivity contribution in [2.45, 2.75) is 19.3 Å². The Labute approximate surface area is 149 Å². The molecule has 3 rings (SSSR count). The van der Waals surface area contributed by atoms with E-state index in [9.17, 15) is 0 Å². The van der Waals surface area contributed by atoms with Gasteiger partial charge in [-0.05, 0) is 12.0 Å². The number of aryl methyl sites for hydroxylation is 1. The minimum atomic E-state index is 0. The third-order valence-electron chi connectivity index (χ3n) is 4.47. The zero-order valence-corrected chi connectivity index (χ0v) is 15.9. The van der Waals surface area contributed by atoms with Crippen LogP contribution in [0.2, 0.25) is 0 Å². The van der Waals surface area contributed by atoms with Gasteiger partial charge < -0.3 is 15.0 Å². The smallest absolute Gasteiger partial charge is 0.193 e.